The molecule has 0 aliphatic carbocycles. The zero-order valence-corrected chi connectivity index (χ0v) is 12.5. The normalized spacial score (nSPS) is 20.5. The van der Waals surface area contributed by atoms with E-state index >= 15 is 0 Å². The van der Waals surface area contributed by atoms with E-state index in [-0.39, 0.29) is 0 Å². The van der Waals surface area contributed by atoms with E-state index in [1.165, 1.54) is 19.5 Å². The summed E-state index contributed by atoms with van der Waals surface area (Å²) in [6.45, 7) is 13.1. The molecule has 1 aromatic heterocycles. The van der Waals surface area contributed by atoms with Crippen LogP contribution in [0.5, 0.6) is 0 Å². The van der Waals surface area contributed by atoms with Gasteiger partial charge in [-0.05, 0) is 31.3 Å². The molecular formula is C14H27N5. The van der Waals surface area contributed by atoms with Crippen molar-refractivity contribution in [1.82, 2.24) is 25.2 Å². The average Bonchev–Trinajstić information content (AvgIpc) is 3.03. The second-order valence-corrected chi connectivity index (χ2v) is 5.85. The monoisotopic (exact) mass is 265 g/mol. The number of hydrogen-bond acceptors (Lipinski definition) is 4. The van der Waals surface area contributed by atoms with E-state index in [9.17, 15) is 0 Å². The first-order valence-corrected chi connectivity index (χ1v) is 7.51. The molecule has 19 heavy (non-hydrogen) atoms. The van der Waals surface area contributed by atoms with E-state index in [2.05, 4.69) is 47.5 Å². The Bertz CT molecular complexity index is 374. The Kier molecular flexibility index (Phi) is 5.34. The second-order valence-electron chi connectivity index (χ2n) is 5.85. The van der Waals surface area contributed by atoms with E-state index in [0.29, 0.717) is 0 Å². The molecule has 2 heterocycles. The van der Waals surface area contributed by atoms with Crippen molar-refractivity contribution in [2.75, 3.05) is 26.2 Å². The molecule has 1 fully saturated rings. The molecule has 5 heteroatoms. The van der Waals surface area contributed by atoms with Crippen LogP contribution in [0.2, 0.25) is 0 Å². The van der Waals surface area contributed by atoms with E-state index in [0.717, 1.165) is 43.7 Å². The Morgan fingerprint density at radius 3 is 2.95 bits per heavy atom. The zero-order chi connectivity index (χ0) is 13.7. The number of nitrogens with zero attached hydrogens (tertiary/aromatic N) is 4. The van der Waals surface area contributed by atoms with Gasteiger partial charge in [0.05, 0.1) is 12.2 Å². The van der Waals surface area contributed by atoms with Crippen LogP contribution in [0.15, 0.2) is 6.20 Å². The second kappa shape index (κ2) is 7.01. The highest BCUT2D eigenvalue weighted by molar-refractivity contribution is 4.91. The molecule has 108 valence electrons. The lowest BCUT2D eigenvalue weighted by atomic mass is 9.95. The summed E-state index contributed by atoms with van der Waals surface area (Å²) >= 11 is 0. The van der Waals surface area contributed by atoms with Crippen LogP contribution in [0.3, 0.4) is 0 Å². The standard InChI is InChI=1S/C14H27N5/c1-4-15-9-14-11-19(17-16-14)8-7-18-6-5-13(10-18)12(2)3/h11-13,15H,4-10H2,1-3H3. The van der Waals surface area contributed by atoms with Gasteiger partial charge in [0.2, 0.25) is 0 Å². The fraction of sp³-hybridized carbons (Fsp3) is 0.857. The maximum Gasteiger partial charge on any atom is 0.0964 e. The molecule has 0 spiro atoms. The molecule has 1 atom stereocenters. The van der Waals surface area contributed by atoms with Crippen LogP contribution in [0, 0.1) is 11.8 Å². The number of likely N-dealkylation sites (tertiary alicyclic amines) is 1. The molecule has 1 aromatic rings. The molecular weight excluding hydrogens is 238 g/mol. The number of nitrogens with one attached hydrogen (secondary N) is 1. The van der Waals surface area contributed by atoms with Crippen LogP contribution in [0.1, 0.15) is 32.9 Å². The van der Waals surface area contributed by atoms with E-state index in [1.54, 1.807) is 0 Å². The largest absolute Gasteiger partial charge is 0.311 e. The van der Waals surface area contributed by atoms with Crippen molar-refractivity contribution < 1.29 is 0 Å². The summed E-state index contributed by atoms with van der Waals surface area (Å²) in [5.74, 6) is 1.68. The highest BCUT2D eigenvalue weighted by Crippen LogP contribution is 2.23. The summed E-state index contributed by atoms with van der Waals surface area (Å²) in [5.41, 5.74) is 1.03. The summed E-state index contributed by atoms with van der Waals surface area (Å²) in [7, 11) is 0. The molecule has 1 unspecified atom stereocenters. The SMILES string of the molecule is CCNCc1cn(CCN2CCC(C(C)C)C2)nn1. The van der Waals surface area contributed by atoms with Gasteiger partial charge in [-0.15, -0.1) is 5.10 Å². The Morgan fingerprint density at radius 1 is 1.42 bits per heavy atom. The van der Waals surface area contributed by atoms with Crippen LogP contribution in [-0.4, -0.2) is 46.1 Å². The van der Waals surface area contributed by atoms with Gasteiger partial charge in [0.25, 0.3) is 0 Å². The molecule has 0 amide bonds. The van der Waals surface area contributed by atoms with Gasteiger partial charge in [-0.1, -0.05) is 26.0 Å². The molecule has 1 aliphatic rings. The number of aromatic nitrogens is 3. The minimum Gasteiger partial charge on any atom is -0.311 e. The molecule has 0 bridgehead atoms. The fourth-order valence-corrected chi connectivity index (χ4v) is 2.64. The van der Waals surface area contributed by atoms with Gasteiger partial charge in [-0.3, -0.25) is 4.68 Å². The Labute approximate surface area is 116 Å². The Balaban J connectivity index is 1.72. The van der Waals surface area contributed by atoms with Gasteiger partial charge in [0.15, 0.2) is 0 Å². The summed E-state index contributed by atoms with van der Waals surface area (Å²) in [5, 5.41) is 11.6. The molecule has 0 saturated carbocycles. The molecule has 1 N–H and O–H groups in total. The fourth-order valence-electron chi connectivity index (χ4n) is 2.64. The van der Waals surface area contributed by atoms with E-state index < -0.39 is 0 Å². The molecule has 0 radical (unpaired) electrons. The van der Waals surface area contributed by atoms with Crippen LogP contribution in [-0.2, 0) is 13.1 Å². The minimum atomic E-state index is 0.808. The highest BCUT2D eigenvalue weighted by Gasteiger charge is 2.24. The summed E-state index contributed by atoms with van der Waals surface area (Å²) in [4.78, 5) is 2.55. The van der Waals surface area contributed by atoms with Crippen LogP contribution in [0.4, 0.5) is 0 Å². The first kappa shape index (κ1) is 14.5. The molecule has 1 aliphatic heterocycles. The van der Waals surface area contributed by atoms with Gasteiger partial charge in [0, 0.05) is 25.8 Å². The lowest BCUT2D eigenvalue weighted by Crippen LogP contribution is -2.26. The quantitative estimate of drug-likeness (QED) is 0.809. The van der Waals surface area contributed by atoms with Crippen molar-refractivity contribution in [2.45, 2.75) is 40.3 Å². The third-order valence-electron chi connectivity index (χ3n) is 4.04. The smallest absolute Gasteiger partial charge is 0.0964 e. The average molecular weight is 265 g/mol. The van der Waals surface area contributed by atoms with Crippen molar-refractivity contribution in [3.63, 3.8) is 0 Å². The van der Waals surface area contributed by atoms with Gasteiger partial charge in [0.1, 0.15) is 0 Å². The van der Waals surface area contributed by atoms with Crippen molar-refractivity contribution in [1.29, 1.82) is 0 Å². The van der Waals surface area contributed by atoms with Gasteiger partial charge < -0.3 is 10.2 Å². The van der Waals surface area contributed by atoms with Gasteiger partial charge in [-0.2, -0.15) is 0 Å². The van der Waals surface area contributed by atoms with Crippen molar-refractivity contribution in [3.05, 3.63) is 11.9 Å². The van der Waals surface area contributed by atoms with Crippen LogP contribution in [0.25, 0.3) is 0 Å². The summed E-state index contributed by atoms with van der Waals surface area (Å²) in [6, 6.07) is 0. The van der Waals surface area contributed by atoms with Crippen molar-refractivity contribution in [2.24, 2.45) is 11.8 Å². The predicted octanol–water partition coefficient (Wildman–Crippen LogP) is 1.37. The predicted molar refractivity (Wildman–Crippen MR) is 76.8 cm³/mol. The maximum atomic E-state index is 4.18. The van der Waals surface area contributed by atoms with E-state index in [4.69, 9.17) is 0 Å². The minimum absolute atomic E-state index is 0.808. The first-order valence-electron chi connectivity index (χ1n) is 7.51. The topological polar surface area (TPSA) is 46.0 Å². The van der Waals surface area contributed by atoms with Crippen LogP contribution >= 0.6 is 0 Å². The lowest BCUT2D eigenvalue weighted by molar-refractivity contribution is 0.286. The summed E-state index contributed by atoms with van der Waals surface area (Å²) in [6.07, 6.45) is 3.40. The van der Waals surface area contributed by atoms with Gasteiger partial charge >= 0.3 is 0 Å². The first-order chi connectivity index (χ1) is 9.19. The zero-order valence-electron chi connectivity index (χ0n) is 12.5. The lowest BCUT2D eigenvalue weighted by Gasteiger charge is -2.17. The molecule has 0 aromatic carbocycles. The van der Waals surface area contributed by atoms with Gasteiger partial charge in [-0.25, -0.2) is 0 Å². The van der Waals surface area contributed by atoms with Crippen LogP contribution < -0.4 is 5.32 Å². The number of hydrogen-bond donors (Lipinski definition) is 1. The Hall–Kier alpha value is -0.940. The third-order valence-corrected chi connectivity index (χ3v) is 4.04. The van der Waals surface area contributed by atoms with E-state index in [1.807, 2.05) is 4.68 Å². The van der Waals surface area contributed by atoms with Crippen molar-refractivity contribution in [3.8, 4) is 0 Å². The summed E-state index contributed by atoms with van der Waals surface area (Å²) < 4.78 is 1.97. The third kappa shape index (κ3) is 4.28. The van der Waals surface area contributed by atoms with Crippen molar-refractivity contribution >= 4 is 0 Å². The maximum absolute atomic E-state index is 4.18. The number of rotatable bonds is 7. The highest BCUT2D eigenvalue weighted by atomic mass is 15.4. The molecule has 5 nitrogen and oxygen atoms in total. The Morgan fingerprint density at radius 2 is 2.26 bits per heavy atom. The molecule has 2 rings (SSSR count). The molecule has 1 saturated heterocycles.